The molecule has 0 atom stereocenters. The van der Waals surface area contributed by atoms with Crippen LogP contribution in [-0.4, -0.2) is 104 Å². The first-order valence-electron chi connectivity index (χ1n) is 9.22. The van der Waals surface area contributed by atoms with Crippen LogP contribution in [0.1, 0.15) is 0 Å². The van der Waals surface area contributed by atoms with E-state index < -0.39 is 5.60 Å². The number of β-amino-alcohol motifs (C(OH)–C–C–N with tert-alkyl or cyclic N) is 1. The summed E-state index contributed by atoms with van der Waals surface area (Å²) in [4.78, 5) is 11.7. The van der Waals surface area contributed by atoms with Gasteiger partial charge in [-0.05, 0) is 12.1 Å². The van der Waals surface area contributed by atoms with Crippen LogP contribution in [0.4, 0.5) is 5.82 Å². The Labute approximate surface area is 149 Å². The highest BCUT2D eigenvalue weighted by atomic mass is 16.6. The Morgan fingerprint density at radius 2 is 1.80 bits per heavy atom. The summed E-state index contributed by atoms with van der Waals surface area (Å²) in [6.07, 6.45) is 1.86. The average Bonchev–Trinajstić information content (AvgIpc) is 2.84. The molecular formula is C18H28N4O3. The van der Waals surface area contributed by atoms with Crippen molar-refractivity contribution in [2.45, 2.75) is 11.6 Å². The Morgan fingerprint density at radius 3 is 2.44 bits per heavy atom. The standard InChI is InChI=1S/C18H28N4O3/c23-18(14-24-9-10-25-15-18)13-20-11-16(12-20)21-5-7-22(8-6-21)17-3-1-2-4-19-17/h1-4,16,23H,5-15H2. The van der Waals surface area contributed by atoms with Gasteiger partial charge in [0.05, 0.1) is 26.4 Å². The highest BCUT2D eigenvalue weighted by Crippen LogP contribution is 2.22. The fourth-order valence-corrected chi connectivity index (χ4v) is 3.95. The number of aromatic nitrogens is 1. The lowest BCUT2D eigenvalue weighted by Gasteiger charge is -2.50. The molecule has 0 amide bonds. The minimum absolute atomic E-state index is 0.372. The van der Waals surface area contributed by atoms with Gasteiger partial charge in [0.1, 0.15) is 11.4 Å². The maximum absolute atomic E-state index is 10.6. The van der Waals surface area contributed by atoms with E-state index in [1.807, 2.05) is 18.3 Å². The van der Waals surface area contributed by atoms with Crippen molar-refractivity contribution >= 4 is 5.82 Å². The van der Waals surface area contributed by atoms with Crippen LogP contribution in [0.25, 0.3) is 0 Å². The Kier molecular flexibility index (Phi) is 5.19. The second kappa shape index (κ2) is 7.55. The lowest BCUT2D eigenvalue weighted by Crippen LogP contribution is -2.65. The molecule has 7 heteroatoms. The summed E-state index contributed by atoms with van der Waals surface area (Å²) in [6.45, 7) is 8.77. The Morgan fingerprint density at radius 1 is 1.08 bits per heavy atom. The summed E-state index contributed by atoms with van der Waals surface area (Å²) < 4.78 is 10.9. The van der Waals surface area contributed by atoms with Crippen molar-refractivity contribution in [2.75, 3.05) is 77.1 Å². The molecule has 1 N–H and O–H groups in total. The van der Waals surface area contributed by atoms with Gasteiger partial charge in [-0.1, -0.05) is 6.07 Å². The third kappa shape index (κ3) is 4.12. The van der Waals surface area contributed by atoms with E-state index in [2.05, 4.69) is 25.8 Å². The minimum Gasteiger partial charge on any atom is -0.384 e. The molecule has 0 spiro atoms. The lowest BCUT2D eigenvalue weighted by atomic mass is 10.00. The van der Waals surface area contributed by atoms with Crippen LogP contribution in [0.5, 0.6) is 0 Å². The maximum atomic E-state index is 10.6. The van der Waals surface area contributed by atoms with Crippen molar-refractivity contribution < 1.29 is 14.6 Å². The van der Waals surface area contributed by atoms with Gasteiger partial charge in [0.15, 0.2) is 0 Å². The van der Waals surface area contributed by atoms with Crippen LogP contribution in [0, 0.1) is 0 Å². The van der Waals surface area contributed by atoms with Gasteiger partial charge < -0.3 is 19.5 Å². The van der Waals surface area contributed by atoms with Gasteiger partial charge in [-0.3, -0.25) is 9.80 Å². The van der Waals surface area contributed by atoms with E-state index in [1.54, 1.807) is 0 Å². The van der Waals surface area contributed by atoms with Crippen molar-refractivity contribution in [2.24, 2.45) is 0 Å². The number of ether oxygens (including phenoxy) is 2. The fourth-order valence-electron chi connectivity index (χ4n) is 3.95. The molecule has 0 unspecified atom stereocenters. The summed E-state index contributed by atoms with van der Waals surface area (Å²) >= 11 is 0. The number of hydrogen-bond donors (Lipinski definition) is 1. The third-order valence-electron chi connectivity index (χ3n) is 5.37. The second-order valence-electron chi connectivity index (χ2n) is 7.39. The molecule has 7 nitrogen and oxygen atoms in total. The summed E-state index contributed by atoms with van der Waals surface area (Å²) in [5, 5.41) is 10.6. The molecule has 0 aliphatic carbocycles. The Bertz CT molecular complexity index is 537. The normalized spacial score (nSPS) is 26.2. The zero-order valence-corrected chi connectivity index (χ0v) is 14.7. The molecule has 25 heavy (non-hydrogen) atoms. The van der Waals surface area contributed by atoms with E-state index >= 15 is 0 Å². The zero-order chi connectivity index (χ0) is 17.1. The summed E-state index contributed by atoms with van der Waals surface area (Å²) in [7, 11) is 0. The molecule has 0 saturated carbocycles. The van der Waals surface area contributed by atoms with Crippen LogP contribution >= 0.6 is 0 Å². The molecule has 3 fully saturated rings. The fraction of sp³-hybridized carbons (Fsp3) is 0.722. The van der Waals surface area contributed by atoms with E-state index in [9.17, 15) is 5.11 Å². The van der Waals surface area contributed by atoms with Crippen LogP contribution in [-0.2, 0) is 9.47 Å². The topological polar surface area (TPSA) is 61.3 Å². The third-order valence-corrected chi connectivity index (χ3v) is 5.37. The second-order valence-corrected chi connectivity index (χ2v) is 7.39. The maximum Gasteiger partial charge on any atom is 0.128 e. The molecule has 3 aliphatic heterocycles. The largest absolute Gasteiger partial charge is 0.384 e. The quantitative estimate of drug-likeness (QED) is 0.799. The molecule has 4 heterocycles. The van der Waals surface area contributed by atoms with Crippen molar-refractivity contribution in [3.05, 3.63) is 24.4 Å². The average molecular weight is 348 g/mol. The monoisotopic (exact) mass is 348 g/mol. The first-order valence-corrected chi connectivity index (χ1v) is 9.22. The number of aliphatic hydroxyl groups is 1. The van der Waals surface area contributed by atoms with Gasteiger partial charge in [-0.2, -0.15) is 0 Å². The number of likely N-dealkylation sites (tertiary alicyclic amines) is 1. The first kappa shape index (κ1) is 17.2. The predicted molar refractivity (Wildman–Crippen MR) is 94.8 cm³/mol. The van der Waals surface area contributed by atoms with Gasteiger partial charge in [0, 0.05) is 58.1 Å². The number of rotatable bonds is 4. The van der Waals surface area contributed by atoms with Crippen LogP contribution in [0.2, 0.25) is 0 Å². The first-order chi connectivity index (χ1) is 12.2. The van der Waals surface area contributed by atoms with Crippen LogP contribution < -0.4 is 4.90 Å². The number of hydrogen-bond acceptors (Lipinski definition) is 7. The van der Waals surface area contributed by atoms with Gasteiger partial charge in [-0.15, -0.1) is 0 Å². The molecular weight excluding hydrogens is 320 g/mol. The van der Waals surface area contributed by atoms with Crippen LogP contribution in [0.15, 0.2) is 24.4 Å². The number of nitrogens with zero attached hydrogens (tertiary/aromatic N) is 4. The van der Waals surface area contributed by atoms with Crippen molar-refractivity contribution in [3.63, 3.8) is 0 Å². The summed E-state index contributed by atoms with van der Waals surface area (Å²) in [5.41, 5.74) is -0.862. The van der Waals surface area contributed by atoms with Gasteiger partial charge in [-0.25, -0.2) is 4.98 Å². The zero-order valence-electron chi connectivity index (χ0n) is 14.7. The Balaban J connectivity index is 1.21. The summed E-state index contributed by atoms with van der Waals surface area (Å²) in [5.74, 6) is 1.08. The van der Waals surface area contributed by atoms with Gasteiger partial charge >= 0.3 is 0 Å². The molecule has 0 aromatic carbocycles. The van der Waals surface area contributed by atoms with E-state index in [4.69, 9.17) is 9.47 Å². The highest BCUT2D eigenvalue weighted by molar-refractivity contribution is 5.38. The number of pyridine rings is 1. The van der Waals surface area contributed by atoms with Crippen molar-refractivity contribution in [1.82, 2.24) is 14.8 Å². The molecule has 3 saturated heterocycles. The van der Waals surface area contributed by atoms with E-state index in [-0.39, 0.29) is 0 Å². The minimum atomic E-state index is -0.862. The lowest BCUT2D eigenvalue weighted by molar-refractivity contribution is -0.0958. The molecule has 138 valence electrons. The van der Waals surface area contributed by atoms with E-state index in [0.29, 0.717) is 39.0 Å². The van der Waals surface area contributed by atoms with Crippen LogP contribution in [0.3, 0.4) is 0 Å². The highest BCUT2D eigenvalue weighted by Gasteiger charge is 2.39. The SMILES string of the molecule is OC1(CN2CC(N3CCN(c4ccccn4)CC3)C2)COCCOC1. The molecule has 1 aromatic heterocycles. The van der Waals surface area contributed by atoms with Crippen molar-refractivity contribution in [1.29, 1.82) is 0 Å². The van der Waals surface area contributed by atoms with E-state index in [1.165, 1.54) is 0 Å². The summed E-state index contributed by atoms with van der Waals surface area (Å²) in [6, 6.07) is 6.69. The van der Waals surface area contributed by atoms with E-state index in [0.717, 1.165) is 45.1 Å². The molecule has 1 aromatic rings. The molecule has 4 rings (SSSR count). The predicted octanol–water partition coefficient (Wildman–Crippen LogP) is -0.334. The van der Waals surface area contributed by atoms with Crippen molar-refractivity contribution in [3.8, 4) is 0 Å². The van der Waals surface area contributed by atoms with Gasteiger partial charge in [0.25, 0.3) is 0 Å². The number of piperazine rings is 1. The number of anilines is 1. The molecule has 0 radical (unpaired) electrons. The Hall–Kier alpha value is -1.25. The van der Waals surface area contributed by atoms with Gasteiger partial charge in [0.2, 0.25) is 0 Å². The smallest absolute Gasteiger partial charge is 0.128 e. The molecule has 3 aliphatic rings. The molecule has 0 bridgehead atoms.